The van der Waals surface area contributed by atoms with E-state index in [-0.39, 0.29) is 6.42 Å². The first-order valence-corrected chi connectivity index (χ1v) is 8.06. The molecule has 0 atom stereocenters. The van der Waals surface area contributed by atoms with E-state index in [2.05, 4.69) is 5.10 Å². The standard InChI is InChI=1S/C16H16Cl2F3N3O/c1-9-12(7-15(25)23(3)8-16(19,20)21)10(2)24(22-9)11-4-5-13(17)14(18)6-11/h4-6H,7-8H2,1-3H3. The van der Waals surface area contributed by atoms with Crippen LogP contribution in [0.25, 0.3) is 5.69 Å². The monoisotopic (exact) mass is 393 g/mol. The van der Waals surface area contributed by atoms with Gasteiger partial charge in [0.2, 0.25) is 5.91 Å². The van der Waals surface area contributed by atoms with E-state index in [4.69, 9.17) is 23.2 Å². The van der Waals surface area contributed by atoms with E-state index in [1.807, 2.05) is 0 Å². The van der Waals surface area contributed by atoms with Crippen LogP contribution in [0.2, 0.25) is 10.0 Å². The second-order valence-electron chi connectivity index (χ2n) is 5.70. The Morgan fingerprint density at radius 3 is 2.44 bits per heavy atom. The molecule has 1 aromatic heterocycles. The Hall–Kier alpha value is -1.73. The summed E-state index contributed by atoms with van der Waals surface area (Å²) in [5.74, 6) is -0.628. The molecular weight excluding hydrogens is 378 g/mol. The molecule has 0 radical (unpaired) electrons. The van der Waals surface area contributed by atoms with E-state index in [9.17, 15) is 18.0 Å². The number of rotatable bonds is 4. The molecule has 0 unspecified atom stereocenters. The van der Waals surface area contributed by atoms with Crippen LogP contribution < -0.4 is 0 Å². The van der Waals surface area contributed by atoms with Gasteiger partial charge in [0, 0.05) is 18.3 Å². The maximum Gasteiger partial charge on any atom is 0.406 e. The van der Waals surface area contributed by atoms with Crippen LogP contribution >= 0.6 is 23.2 Å². The number of aromatic nitrogens is 2. The number of aryl methyl sites for hydroxylation is 1. The third kappa shape index (κ3) is 4.67. The van der Waals surface area contributed by atoms with E-state index in [1.54, 1.807) is 36.7 Å². The van der Waals surface area contributed by atoms with E-state index in [0.717, 1.165) is 7.05 Å². The smallest absolute Gasteiger partial charge is 0.336 e. The largest absolute Gasteiger partial charge is 0.406 e. The van der Waals surface area contributed by atoms with Crippen molar-refractivity contribution < 1.29 is 18.0 Å². The summed E-state index contributed by atoms with van der Waals surface area (Å²) in [5.41, 5.74) is 2.46. The predicted octanol–water partition coefficient (Wildman–Crippen LogP) is 4.36. The van der Waals surface area contributed by atoms with Crippen LogP contribution in [0.1, 0.15) is 17.0 Å². The number of benzene rings is 1. The molecule has 0 aliphatic rings. The highest BCUT2D eigenvalue weighted by Gasteiger charge is 2.31. The van der Waals surface area contributed by atoms with Gasteiger partial charge in [-0.25, -0.2) is 4.68 Å². The molecule has 1 amide bonds. The number of hydrogen-bond donors (Lipinski definition) is 0. The third-order valence-electron chi connectivity index (χ3n) is 3.76. The predicted molar refractivity (Wildman–Crippen MR) is 90.5 cm³/mol. The minimum atomic E-state index is -4.43. The lowest BCUT2D eigenvalue weighted by Gasteiger charge is -2.19. The maximum absolute atomic E-state index is 12.4. The van der Waals surface area contributed by atoms with E-state index >= 15 is 0 Å². The van der Waals surface area contributed by atoms with Crippen molar-refractivity contribution in [2.75, 3.05) is 13.6 Å². The van der Waals surface area contributed by atoms with E-state index in [0.29, 0.717) is 37.6 Å². The molecule has 0 aliphatic heterocycles. The van der Waals surface area contributed by atoms with Gasteiger partial charge in [-0.3, -0.25) is 4.79 Å². The molecule has 9 heteroatoms. The fourth-order valence-electron chi connectivity index (χ4n) is 2.44. The average Bonchev–Trinajstić information content (AvgIpc) is 2.76. The normalized spacial score (nSPS) is 11.7. The fourth-order valence-corrected chi connectivity index (χ4v) is 2.73. The van der Waals surface area contributed by atoms with E-state index < -0.39 is 18.6 Å². The Kier molecular flexibility index (Phi) is 5.68. The van der Waals surface area contributed by atoms with Gasteiger partial charge in [0.25, 0.3) is 0 Å². The molecule has 0 N–H and O–H groups in total. The van der Waals surface area contributed by atoms with Crippen molar-refractivity contribution >= 4 is 29.1 Å². The number of halogens is 5. The Morgan fingerprint density at radius 1 is 1.24 bits per heavy atom. The van der Waals surface area contributed by atoms with Crippen LogP contribution in [0.15, 0.2) is 18.2 Å². The number of amides is 1. The molecule has 2 rings (SSSR count). The molecule has 1 aromatic carbocycles. The first kappa shape index (κ1) is 19.6. The summed E-state index contributed by atoms with van der Waals surface area (Å²) in [6, 6.07) is 4.97. The van der Waals surface area contributed by atoms with Crippen molar-refractivity contribution in [3.05, 3.63) is 45.2 Å². The zero-order chi connectivity index (χ0) is 18.9. The number of carbonyl (C=O) groups excluding carboxylic acids is 1. The Balaban J connectivity index is 2.27. The fraction of sp³-hybridized carbons (Fsp3) is 0.375. The lowest BCUT2D eigenvalue weighted by molar-refractivity contribution is -0.157. The summed E-state index contributed by atoms with van der Waals surface area (Å²) >= 11 is 11.9. The first-order valence-electron chi connectivity index (χ1n) is 7.31. The van der Waals surface area contributed by atoms with Crippen LogP contribution in [-0.4, -0.2) is 40.4 Å². The summed E-state index contributed by atoms with van der Waals surface area (Å²) in [6.45, 7) is 2.16. The minimum Gasteiger partial charge on any atom is -0.336 e. The van der Waals surface area contributed by atoms with Crippen LogP contribution in [-0.2, 0) is 11.2 Å². The summed E-state index contributed by atoms with van der Waals surface area (Å²) in [4.78, 5) is 12.8. The van der Waals surface area contributed by atoms with Crippen molar-refractivity contribution in [1.29, 1.82) is 0 Å². The molecule has 1 heterocycles. The highest BCUT2D eigenvalue weighted by Crippen LogP contribution is 2.26. The van der Waals surface area contributed by atoms with Crippen LogP contribution in [0.5, 0.6) is 0 Å². The second-order valence-corrected chi connectivity index (χ2v) is 6.52. The molecule has 0 saturated carbocycles. The summed E-state index contributed by atoms with van der Waals surface area (Å²) in [7, 11) is 1.13. The molecule has 0 aliphatic carbocycles. The van der Waals surface area contributed by atoms with Crippen LogP contribution in [0.3, 0.4) is 0 Å². The number of likely N-dealkylation sites (N-methyl/N-ethyl adjacent to an activating group) is 1. The molecule has 136 valence electrons. The summed E-state index contributed by atoms with van der Waals surface area (Å²) < 4.78 is 38.9. The first-order chi connectivity index (χ1) is 11.5. The lowest BCUT2D eigenvalue weighted by Crippen LogP contribution is -2.36. The molecule has 2 aromatic rings. The molecule has 0 saturated heterocycles. The number of nitrogens with zero attached hydrogens (tertiary/aromatic N) is 3. The Morgan fingerprint density at radius 2 is 1.88 bits per heavy atom. The van der Waals surface area contributed by atoms with Gasteiger partial charge in [-0.05, 0) is 32.0 Å². The second kappa shape index (κ2) is 7.25. The van der Waals surface area contributed by atoms with Gasteiger partial charge in [-0.2, -0.15) is 18.3 Å². The van der Waals surface area contributed by atoms with Gasteiger partial charge < -0.3 is 4.90 Å². The number of alkyl halides is 3. The van der Waals surface area contributed by atoms with Crippen LogP contribution in [0, 0.1) is 13.8 Å². The van der Waals surface area contributed by atoms with Gasteiger partial charge in [0.1, 0.15) is 6.54 Å². The van der Waals surface area contributed by atoms with Gasteiger partial charge in [0.15, 0.2) is 0 Å². The molecule has 0 bridgehead atoms. The molecule has 25 heavy (non-hydrogen) atoms. The van der Waals surface area contributed by atoms with Gasteiger partial charge in [-0.15, -0.1) is 0 Å². The van der Waals surface area contributed by atoms with Crippen molar-refractivity contribution in [2.45, 2.75) is 26.4 Å². The van der Waals surface area contributed by atoms with Crippen LogP contribution in [0.4, 0.5) is 13.2 Å². The quantitative estimate of drug-likeness (QED) is 0.773. The van der Waals surface area contributed by atoms with Gasteiger partial charge in [-0.1, -0.05) is 23.2 Å². The highest BCUT2D eigenvalue weighted by molar-refractivity contribution is 6.42. The van der Waals surface area contributed by atoms with Gasteiger partial charge in [0.05, 0.1) is 27.8 Å². The SMILES string of the molecule is Cc1nn(-c2ccc(Cl)c(Cl)c2)c(C)c1CC(=O)N(C)CC(F)(F)F. The van der Waals surface area contributed by atoms with Crippen molar-refractivity contribution in [3.63, 3.8) is 0 Å². The Labute approximate surface area is 153 Å². The number of carbonyl (C=O) groups is 1. The summed E-state index contributed by atoms with van der Waals surface area (Å²) in [5, 5.41) is 5.12. The highest BCUT2D eigenvalue weighted by atomic mass is 35.5. The molecule has 0 spiro atoms. The average molecular weight is 394 g/mol. The molecule has 4 nitrogen and oxygen atoms in total. The topological polar surface area (TPSA) is 38.1 Å². The van der Waals surface area contributed by atoms with Crippen molar-refractivity contribution in [2.24, 2.45) is 0 Å². The Bertz CT molecular complexity index is 803. The zero-order valence-electron chi connectivity index (χ0n) is 13.8. The summed E-state index contributed by atoms with van der Waals surface area (Å²) in [6.07, 6.45) is -4.59. The lowest BCUT2D eigenvalue weighted by atomic mass is 10.1. The zero-order valence-corrected chi connectivity index (χ0v) is 15.3. The van der Waals surface area contributed by atoms with Gasteiger partial charge >= 0.3 is 6.18 Å². The molecule has 0 fully saturated rings. The molecular formula is C16H16Cl2F3N3O. The minimum absolute atomic E-state index is 0.161. The maximum atomic E-state index is 12.4. The van der Waals surface area contributed by atoms with Crippen molar-refractivity contribution in [3.8, 4) is 5.69 Å². The van der Waals surface area contributed by atoms with E-state index in [1.165, 1.54) is 0 Å². The third-order valence-corrected chi connectivity index (χ3v) is 4.50. The number of hydrogen-bond acceptors (Lipinski definition) is 2. The van der Waals surface area contributed by atoms with Crippen molar-refractivity contribution in [1.82, 2.24) is 14.7 Å².